The number of nitrogens with zero attached hydrogens (tertiary/aromatic N) is 1. The number of carbonyl (C=O) groups is 1. The summed E-state index contributed by atoms with van der Waals surface area (Å²) in [6.07, 6.45) is 0. The topological polar surface area (TPSA) is 42.0 Å². The van der Waals surface area contributed by atoms with Crippen LogP contribution in [0, 0.1) is 12.3 Å². The van der Waals surface area contributed by atoms with Crippen LogP contribution in [0.25, 0.3) is 11.3 Å². The smallest absolute Gasteiger partial charge is 0.231 e. The number of hydrogen-bond acceptors (Lipinski definition) is 3. The summed E-state index contributed by atoms with van der Waals surface area (Å²) in [5.41, 5.74) is 2.20. The minimum Gasteiger partial charge on any atom is -0.326 e. The number of hydrogen-bond donors (Lipinski definition) is 1. The molecule has 0 bridgehead atoms. The molecule has 1 heterocycles. The highest BCUT2D eigenvalue weighted by molar-refractivity contribution is 7.09. The normalized spacial score (nSPS) is 11.4. The lowest BCUT2D eigenvalue weighted by atomic mass is 9.95. The maximum absolute atomic E-state index is 12.0. The number of carbonyl (C=O) groups excluding carboxylic acids is 1. The highest BCUT2D eigenvalue weighted by Gasteiger charge is 2.26. The fourth-order valence-electron chi connectivity index (χ4n) is 1.58. The SMILES string of the molecule is Cc1nc(-c2ccc(NC(=O)C(C)(C)CCl)cc2)cs1. The highest BCUT2D eigenvalue weighted by Crippen LogP contribution is 2.24. The summed E-state index contributed by atoms with van der Waals surface area (Å²) in [5.74, 6) is 0.208. The van der Waals surface area contributed by atoms with E-state index in [1.54, 1.807) is 11.3 Å². The largest absolute Gasteiger partial charge is 0.326 e. The summed E-state index contributed by atoms with van der Waals surface area (Å²) in [7, 11) is 0. The van der Waals surface area contributed by atoms with E-state index in [9.17, 15) is 4.79 Å². The first-order valence-corrected chi connectivity index (χ1v) is 7.74. The number of alkyl halides is 1. The van der Waals surface area contributed by atoms with Crippen LogP contribution in [0.15, 0.2) is 29.6 Å². The van der Waals surface area contributed by atoms with Gasteiger partial charge in [-0.25, -0.2) is 4.98 Å². The van der Waals surface area contributed by atoms with E-state index in [4.69, 9.17) is 11.6 Å². The molecule has 0 unspecified atom stereocenters. The van der Waals surface area contributed by atoms with Gasteiger partial charge in [0.15, 0.2) is 0 Å². The number of aromatic nitrogens is 1. The first-order valence-electron chi connectivity index (χ1n) is 6.32. The molecule has 0 saturated heterocycles. The Balaban J connectivity index is 2.11. The maximum Gasteiger partial charge on any atom is 0.231 e. The molecule has 0 fully saturated rings. The van der Waals surface area contributed by atoms with Crippen LogP contribution in [0.4, 0.5) is 5.69 Å². The first kappa shape index (κ1) is 15.0. The van der Waals surface area contributed by atoms with Crippen LogP contribution in [-0.2, 0) is 4.79 Å². The molecule has 0 aliphatic rings. The molecule has 2 aromatic rings. The minimum absolute atomic E-state index is 0.0789. The molecule has 1 aromatic carbocycles. The van der Waals surface area contributed by atoms with Gasteiger partial charge in [0.1, 0.15) is 0 Å². The Labute approximate surface area is 128 Å². The lowest BCUT2D eigenvalue weighted by Gasteiger charge is -2.20. The van der Waals surface area contributed by atoms with Crippen molar-refractivity contribution in [1.29, 1.82) is 0 Å². The molecule has 1 N–H and O–H groups in total. The molecule has 0 spiro atoms. The Kier molecular flexibility index (Phi) is 4.45. The van der Waals surface area contributed by atoms with Crippen LogP contribution in [0.5, 0.6) is 0 Å². The molecule has 2 rings (SSSR count). The van der Waals surface area contributed by atoms with Crippen molar-refractivity contribution in [3.8, 4) is 11.3 Å². The molecule has 0 aliphatic carbocycles. The molecule has 106 valence electrons. The number of thiazole rings is 1. The second kappa shape index (κ2) is 5.94. The number of halogens is 1. The predicted octanol–water partition coefficient (Wildman–Crippen LogP) is 4.32. The third-order valence-electron chi connectivity index (χ3n) is 3.01. The molecule has 0 atom stereocenters. The predicted molar refractivity (Wildman–Crippen MR) is 85.4 cm³/mol. The van der Waals surface area contributed by atoms with E-state index >= 15 is 0 Å². The summed E-state index contributed by atoms with van der Waals surface area (Å²) < 4.78 is 0. The summed E-state index contributed by atoms with van der Waals surface area (Å²) in [6, 6.07) is 7.67. The van der Waals surface area contributed by atoms with Crippen molar-refractivity contribution in [3.05, 3.63) is 34.7 Å². The molecular formula is C15H17ClN2OS. The van der Waals surface area contributed by atoms with Gasteiger partial charge in [-0.3, -0.25) is 4.79 Å². The van der Waals surface area contributed by atoms with Crippen LogP contribution in [0.1, 0.15) is 18.9 Å². The number of amides is 1. The molecule has 20 heavy (non-hydrogen) atoms. The molecular weight excluding hydrogens is 292 g/mol. The summed E-state index contributed by atoms with van der Waals surface area (Å²) in [5, 5.41) is 5.95. The Morgan fingerprint density at radius 1 is 1.35 bits per heavy atom. The van der Waals surface area contributed by atoms with Gasteiger partial charge in [0.05, 0.1) is 16.1 Å². The molecule has 1 aromatic heterocycles. The number of anilines is 1. The Bertz CT molecular complexity index is 605. The van der Waals surface area contributed by atoms with Crippen molar-refractivity contribution >= 4 is 34.5 Å². The highest BCUT2D eigenvalue weighted by atomic mass is 35.5. The van der Waals surface area contributed by atoms with Crippen molar-refractivity contribution in [2.24, 2.45) is 5.41 Å². The zero-order valence-electron chi connectivity index (χ0n) is 11.7. The molecule has 0 aliphatic heterocycles. The molecule has 0 radical (unpaired) electrons. The van der Waals surface area contributed by atoms with Crippen LogP contribution < -0.4 is 5.32 Å². The van der Waals surface area contributed by atoms with E-state index in [0.717, 1.165) is 22.0 Å². The van der Waals surface area contributed by atoms with Gasteiger partial charge in [0, 0.05) is 22.5 Å². The average Bonchev–Trinajstić information content (AvgIpc) is 2.86. The summed E-state index contributed by atoms with van der Waals surface area (Å²) in [6.45, 7) is 5.63. The van der Waals surface area contributed by atoms with E-state index in [1.165, 1.54) is 0 Å². The zero-order chi connectivity index (χ0) is 14.8. The van der Waals surface area contributed by atoms with Gasteiger partial charge in [-0.2, -0.15) is 0 Å². The number of aryl methyl sites for hydroxylation is 1. The minimum atomic E-state index is -0.577. The molecule has 1 amide bonds. The van der Waals surface area contributed by atoms with Crippen molar-refractivity contribution < 1.29 is 4.79 Å². The van der Waals surface area contributed by atoms with Gasteiger partial charge in [0.2, 0.25) is 5.91 Å². The van der Waals surface area contributed by atoms with Crippen LogP contribution in [0.3, 0.4) is 0 Å². The molecule has 0 saturated carbocycles. The van der Waals surface area contributed by atoms with E-state index in [1.807, 2.05) is 50.4 Å². The Hall–Kier alpha value is -1.39. The van der Waals surface area contributed by atoms with Gasteiger partial charge in [-0.15, -0.1) is 22.9 Å². The van der Waals surface area contributed by atoms with Crippen LogP contribution in [0.2, 0.25) is 0 Å². The monoisotopic (exact) mass is 308 g/mol. The Morgan fingerprint density at radius 2 is 2.00 bits per heavy atom. The fraction of sp³-hybridized carbons (Fsp3) is 0.333. The Morgan fingerprint density at radius 3 is 2.50 bits per heavy atom. The van der Waals surface area contributed by atoms with E-state index in [2.05, 4.69) is 10.3 Å². The lowest BCUT2D eigenvalue weighted by molar-refractivity contribution is -0.122. The van der Waals surface area contributed by atoms with E-state index in [0.29, 0.717) is 0 Å². The zero-order valence-corrected chi connectivity index (χ0v) is 13.3. The number of benzene rings is 1. The van der Waals surface area contributed by atoms with Crippen LogP contribution in [-0.4, -0.2) is 16.8 Å². The quantitative estimate of drug-likeness (QED) is 0.855. The number of rotatable bonds is 4. The van der Waals surface area contributed by atoms with E-state index < -0.39 is 5.41 Å². The third-order valence-corrected chi connectivity index (χ3v) is 4.45. The lowest BCUT2D eigenvalue weighted by Crippen LogP contribution is -2.32. The van der Waals surface area contributed by atoms with Crippen LogP contribution >= 0.6 is 22.9 Å². The van der Waals surface area contributed by atoms with Gasteiger partial charge in [-0.05, 0) is 32.9 Å². The van der Waals surface area contributed by atoms with Gasteiger partial charge >= 0.3 is 0 Å². The first-order chi connectivity index (χ1) is 9.42. The summed E-state index contributed by atoms with van der Waals surface area (Å²) in [4.78, 5) is 16.5. The van der Waals surface area contributed by atoms with Crippen molar-refractivity contribution in [2.75, 3.05) is 11.2 Å². The van der Waals surface area contributed by atoms with Crippen molar-refractivity contribution in [1.82, 2.24) is 4.98 Å². The second-order valence-electron chi connectivity index (χ2n) is 5.30. The van der Waals surface area contributed by atoms with Crippen molar-refractivity contribution in [3.63, 3.8) is 0 Å². The fourth-order valence-corrected chi connectivity index (χ4v) is 2.32. The summed E-state index contributed by atoms with van der Waals surface area (Å²) >= 11 is 7.42. The number of nitrogens with one attached hydrogen (secondary N) is 1. The van der Waals surface area contributed by atoms with Gasteiger partial charge in [-0.1, -0.05) is 12.1 Å². The average molecular weight is 309 g/mol. The maximum atomic E-state index is 12.0. The van der Waals surface area contributed by atoms with Crippen molar-refractivity contribution in [2.45, 2.75) is 20.8 Å². The van der Waals surface area contributed by atoms with Gasteiger partial charge in [0.25, 0.3) is 0 Å². The third kappa shape index (κ3) is 3.38. The second-order valence-corrected chi connectivity index (χ2v) is 6.63. The van der Waals surface area contributed by atoms with Gasteiger partial charge < -0.3 is 5.32 Å². The molecule has 5 heteroatoms. The van der Waals surface area contributed by atoms with E-state index in [-0.39, 0.29) is 11.8 Å². The standard InChI is InChI=1S/C15H17ClN2OS/c1-10-17-13(8-20-10)11-4-6-12(7-5-11)18-14(19)15(2,3)9-16/h4-8H,9H2,1-3H3,(H,18,19). The molecule has 3 nitrogen and oxygen atoms in total.